The average Bonchev–Trinajstić information content (AvgIpc) is 2.74. The van der Waals surface area contributed by atoms with Crippen LogP contribution in [0.15, 0.2) is 35.2 Å². The maximum Gasteiger partial charge on any atom is 0.165 e. The molecule has 3 heteroatoms. The lowest BCUT2D eigenvalue weighted by Gasteiger charge is -2.32. The van der Waals surface area contributed by atoms with Crippen LogP contribution >= 0.6 is 11.8 Å². The van der Waals surface area contributed by atoms with Crippen LogP contribution in [0, 0.1) is 0 Å². The van der Waals surface area contributed by atoms with E-state index in [0.717, 1.165) is 12.8 Å². The third-order valence-corrected chi connectivity index (χ3v) is 4.88. The number of methoxy groups -OCH3 is 1. The molecule has 1 aromatic carbocycles. The predicted molar refractivity (Wildman–Crippen MR) is 75.9 cm³/mol. The van der Waals surface area contributed by atoms with Crippen molar-refractivity contribution < 1.29 is 9.47 Å². The van der Waals surface area contributed by atoms with Crippen LogP contribution in [0.1, 0.15) is 33.6 Å². The Morgan fingerprint density at radius 1 is 1.33 bits per heavy atom. The van der Waals surface area contributed by atoms with Crippen LogP contribution < -0.4 is 0 Å². The number of hydrogen-bond donors (Lipinski definition) is 0. The van der Waals surface area contributed by atoms with Gasteiger partial charge in [-0.05, 0) is 39.3 Å². The van der Waals surface area contributed by atoms with E-state index in [0.29, 0.717) is 0 Å². The van der Waals surface area contributed by atoms with Gasteiger partial charge >= 0.3 is 0 Å². The number of benzene rings is 1. The second kappa shape index (κ2) is 5.24. The number of ether oxygens (including phenoxy) is 2. The zero-order chi connectivity index (χ0) is 13.2. The maximum atomic E-state index is 6.09. The SMILES string of the molecule is COC1(C)CCC(C(C)(C)Sc2ccccc2)O1. The van der Waals surface area contributed by atoms with Crippen LogP contribution in [0.4, 0.5) is 0 Å². The fraction of sp³-hybridized carbons (Fsp3) is 0.600. The van der Waals surface area contributed by atoms with Crippen molar-refractivity contribution in [3.8, 4) is 0 Å². The summed E-state index contributed by atoms with van der Waals surface area (Å²) in [5, 5.41) is 0. The van der Waals surface area contributed by atoms with Crippen LogP contribution in [-0.2, 0) is 9.47 Å². The highest BCUT2D eigenvalue weighted by Gasteiger charge is 2.43. The molecular weight excluding hydrogens is 244 g/mol. The van der Waals surface area contributed by atoms with Gasteiger partial charge in [0, 0.05) is 23.2 Å². The molecule has 1 saturated heterocycles. The number of hydrogen-bond acceptors (Lipinski definition) is 3. The lowest BCUT2D eigenvalue weighted by molar-refractivity contribution is -0.202. The standard InChI is InChI=1S/C15H22O2S/c1-14(2,18-12-8-6-5-7-9-12)13-10-11-15(3,16-4)17-13/h5-9,13H,10-11H2,1-4H3. The molecule has 1 aliphatic rings. The van der Waals surface area contributed by atoms with Gasteiger partial charge < -0.3 is 9.47 Å². The highest BCUT2D eigenvalue weighted by Crippen LogP contribution is 2.44. The van der Waals surface area contributed by atoms with Gasteiger partial charge in [0.15, 0.2) is 5.79 Å². The first kappa shape index (κ1) is 13.9. The first-order chi connectivity index (χ1) is 8.45. The van der Waals surface area contributed by atoms with E-state index in [4.69, 9.17) is 9.47 Å². The lowest BCUT2D eigenvalue weighted by atomic mass is 10.0. The van der Waals surface area contributed by atoms with E-state index in [-0.39, 0.29) is 10.9 Å². The summed E-state index contributed by atoms with van der Waals surface area (Å²) < 4.78 is 11.6. The van der Waals surface area contributed by atoms with Gasteiger partial charge in [0.25, 0.3) is 0 Å². The van der Waals surface area contributed by atoms with Crippen LogP contribution in [0.2, 0.25) is 0 Å². The Labute approximate surface area is 114 Å². The third-order valence-electron chi connectivity index (χ3n) is 3.58. The lowest BCUT2D eigenvalue weighted by Crippen LogP contribution is -2.36. The molecule has 100 valence electrons. The first-order valence-electron chi connectivity index (χ1n) is 6.42. The molecule has 2 nitrogen and oxygen atoms in total. The second-order valence-electron chi connectivity index (χ2n) is 5.50. The highest BCUT2D eigenvalue weighted by molar-refractivity contribution is 8.00. The molecule has 1 aliphatic heterocycles. The monoisotopic (exact) mass is 266 g/mol. The smallest absolute Gasteiger partial charge is 0.165 e. The van der Waals surface area contributed by atoms with E-state index < -0.39 is 5.79 Å². The van der Waals surface area contributed by atoms with Crippen molar-refractivity contribution in [2.45, 2.75) is 55.1 Å². The van der Waals surface area contributed by atoms with Gasteiger partial charge in [-0.2, -0.15) is 0 Å². The molecule has 0 amide bonds. The van der Waals surface area contributed by atoms with E-state index in [1.54, 1.807) is 7.11 Å². The average molecular weight is 266 g/mol. The van der Waals surface area contributed by atoms with Crippen LogP contribution in [-0.4, -0.2) is 23.7 Å². The first-order valence-corrected chi connectivity index (χ1v) is 7.24. The summed E-state index contributed by atoms with van der Waals surface area (Å²) >= 11 is 1.87. The highest BCUT2D eigenvalue weighted by atomic mass is 32.2. The Balaban J connectivity index is 2.04. The molecule has 0 spiro atoms. The van der Waals surface area contributed by atoms with Crippen LogP contribution in [0.5, 0.6) is 0 Å². The second-order valence-corrected chi connectivity index (χ2v) is 7.23. The fourth-order valence-electron chi connectivity index (χ4n) is 2.31. The molecule has 0 aliphatic carbocycles. The van der Waals surface area contributed by atoms with Gasteiger partial charge in [-0.15, -0.1) is 11.8 Å². The topological polar surface area (TPSA) is 18.5 Å². The molecule has 0 radical (unpaired) electrons. The van der Waals surface area contributed by atoms with Crippen LogP contribution in [0.3, 0.4) is 0 Å². The van der Waals surface area contributed by atoms with Crippen molar-refractivity contribution in [3.05, 3.63) is 30.3 Å². The number of thioether (sulfide) groups is 1. The Morgan fingerprint density at radius 3 is 2.56 bits per heavy atom. The molecule has 0 saturated carbocycles. The van der Waals surface area contributed by atoms with Gasteiger partial charge in [0.1, 0.15) is 0 Å². The molecule has 1 fully saturated rings. The molecule has 0 aromatic heterocycles. The van der Waals surface area contributed by atoms with Crippen molar-refractivity contribution >= 4 is 11.8 Å². The Kier molecular flexibility index (Phi) is 4.05. The molecule has 2 atom stereocenters. The fourth-order valence-corrected chi connectivity index (χ4v) is 3.51. The van der Waals surface area contributed by atoms with E-state index >= 15 is 0 Å². The van der Waals surface area contributed by atoms with Gasteiger partial charge in [0.05, 0.1) is 6.10 Å². The molecule has 2 rings (SSSR count). The molecule has 0 bridgehead atoms. The number of rotatable bonds is 4. The molecular formula is C15H22O2S. The van der Waals surface area contributed by atoms with Crippen molar-refractivity contribution in [2.24, 2.45) is 0 Å². The van der Waals surface area contributed by atoms with Crippen molar-refractivity contribution in [2.75, 3.05) is 7.11 Å². The van der Waals surface area contributed by atoms with Crippen molar-refractivity contribution in [3.63, 3.8) is 0 Å². The summed E-state index contributed by atoms with van der Waals surface area (Å²) in [6, 6.07) is 10.5. The largest absolute Gasteiger partial charge is 0.353 e. The maximum absolute atomic E-state index is 6.09. The molecule has 18 heavy (non-hydrogen) atoms. The summed E-state index contributed by atoms with van der Waals surface area (Å²) in [6.45, 7) is 6.52. The minimum absolute atomic E-state index is 0.0532. The Morgan fingerprint density at radius 2 is 2.00 bits per heavy atom. The minimum atomic E-state index is -0.404. The van der Waals surface area contributed by atoms with E-state index in [2.05, 4.69) is 38.1 Å². The zero-order valence-corrected chi connectivity index (χ0v) is 12.4. The van der Waals surface area contributed by atoms with Crippen molar-refractivity contribution in [1.29, 1.82) is 0 Å². The van der Waals surface area contributed by atoms with Gasteiger partial charge in [0.2, 0.25) is 0 Å². The van der Waals surface area contributed by atoms with Gasteiger partial charge in [-0.1, -0.05) is 18.2 Å². The van der Waals surface area contributed by atoms with Crippen LogP contribution in [0.25, 0.3) is 0 Å². The summed E-state index contributed by atoms with van der Waals surface area (Å²) in [5.41, 5.74) is 0. The minimum Gasteiger partial charge on any atom is -0.353 e. The quantitative estimate of drug-likeness (QED) is 0.764. The van der Waals surface area contributed by atoms with Crippen molar-refractivity contribution in [1.82, 2.24) is 0 Å². The molecule has 0 N–H and O–H groups in total. The predicted octanol–water partition coefficient (Wildman–Crippen LogP) is 4.10. The summed E-state index contributed by atoms with van der Waals surface area (Å²) in [4.78, 5) is 1.29. The van der Waals surface area contributed by atoms with Gasteiger partial charge in [-0.3, -0.25) is 0 Å². The Bertz CT molecular complexity index is 391. The van der Waals surface area contributed by atoms with E-state index in [1.165, 1.54) is 4.90 Å². The molecule has 2 unspecified atom stereocenters. The summed E-state index contributed by atoms with van der Waals surface area (Å²) in [5.74, 6) is -0.404. The Hall–Kier alpha value is -0.510. The molecule has 1 aromatic rings. The summed E-state index contributed by atoms with van der Waals surface area (Å²) in [7, 11) is 1.72. The van der Waals surface area contributed by atoms with Gasteiger partial charge in [-0.25, -0.2) is 0 Å². The third kappa shape index (κ3) is 3.08. The summed E-state index contributed by atoms with van der Waals surface area (Å²) in [6.07, 6.45) is 2.25. The molecule has 1 heterocycles. The van der Waals surface area contributed by atoms with E-state index in [9.17, 15) is 0 Å². The van der Waals surface area contributed by atoms with E-state index in [1.807, 2.05) is 24.8 Å². The normalized spacial score (nSPS) is 28.6. The zero-order valence-electron chi connectivity index (χ0n) is 11.6.